The van der Waals surface area contributed by atoms with Gasteiger partial charge in [0.25, 0.3) is 0 Å². The van der Waals surface area contributed by atoms with Crippen LogP contribution in [0.25, 0.3) is 5.73 Å². The third-order valence-electron chi connectivity index (χ3n) is 6.49. The van der Waals surface area contributed by atoms with Gasteiger partial charge in [0.15, 0.2) is 0 Å². The number of nitrogens with two attached hydrogens (primary N) is 1. The van der Waals surface area contributed by atoms with Crippen LogP contribution in [0, 0.1) is 11.8 Å². The van der Waals surface area contributed by atoms with Crippen LogP contribution in [0.15, 0.2) is 0 Å². The van der Waals surface area contributed by atoms with E-state index in [-0.39, 0.29) is 81.8 Å². The predicted octanol–water partition coefficient (Wildman–Crippen LogP) is -1.03. The smallest absolute Gasteiger partial charge is 0.666 e. The Kier molecular flexibility index (Phi) is 15.9. The molecule has 1 aliphatic heterocycles. The van der Waals surface area contributed by atoms with Gasteiger partial charge in [0.1, 0.15) is 0 Å². The minimum atomic E-state index is -1.30. The Hall–Kier alpha value is -0.0736. The average Bonchev–Trinajstić information content (AvgIpc) is 2.70. The second-order valence-corrected chi connectivity index (χ2v) is 10.5. The SMILES string of the molecule is CCCC(NC(=O)C([NH-])CC(N)=O)C(O)CN1CC(CC)C(CC)CC1C(=O)NC(C)(C)C.[K+]. The summed E-state index contributed by atoms with van der Waals surface area (Å²) in [6.07, 6.45) is 2.73. The fourth-order valence-corrected chi connectivity index (χ4v) is 4.71. The maximum atomic E-state index is 13.2. The molecule has 0 aromatic heterocycles. The molecule has 9 nitrogen and oxygen atoms in total. The van der Waals surface area contributed by atoms with Crippen LogP contribution >= 0.6 is 0 Å². The molecule has 34 heavy (non-hydrogen) atoms. The summed E-state index contributed by atoms with van der Waals surface area (Å²) in [6.45, 7) is 13.1. The summed E-state index contributed by atoms with van der Waals surface area (Å²) < 4.78 is 0. The van der Waals surface area contributed by atoms with E-state index < -0.39 is 30.0 Å². The number of piperidine rings is 1. The molecular weight excluding hydrogens is 461 g/mol. The van der Waals surface area contributed by atoms with Crippen LogP contribution in [0.3, 0.4) is 0 Å². The van der Waals surface area contributed by atoms with E-state index in [0.29, 0.717) is 24.8 Å². The van der Waals surface area contributed by atoms with Crippen molar-refractivity contribution in [1.29, 1.82) is 0 Å². The average molecular weight is 508 g/mol. The summed E-state index contributed by atoms with van der Waals surface area (Å²) in [5, 5.41) is 16.9. The second-order valence-electron chi connectivity index (χ2n) is 10.5. The molecule has 1 rings (SSSR count). The number of carbonyl (C=O) groups excluding carboxylic acids is 3. The Morgan fingerprint density at radius 2 is 1.74 bits per heavy atom. The van der Waals surface area contributed by atoms with E-state index in [1.807, 2.05) is 27.7 Å². The number of likely N-dealkylation sites (tertiary alicyclic amines) is 1. The number of hydrogen-bond acceptors (Lipinski definition) is 5. The molecule has 6 unspecified atom stereocenters. The molecule has 6 N–H and O–H groups in total. The molecular formula is C24H46KN5O4. The van der Waals surface area contributed by atoms with Crippen LogP contribution in [0.1, 0.15) is 80.1 Å². The molecule has 0 radical (unpaired) electrons. The quantitative estimate of drug-likeness (QED) is 0.249. The number of aliphatic hydroxyl groups excluding tert-OH is 1. The van der Waals surface area contributed by atoms with E-state index in [0.717, 1.165) is 25.7 Å². The zero-order valence-electron chi connectivity index (χ0n) is 22.3. The molecule has 1 saturated heterocycles. The Morgan fingerprint density at radius 3 is 2.21 bits per heavy atom. The molecule has 6 atom stereocenters. The summed E-state index contributed by atoms with van der Waals surface area (Å²) in [7, 11) is 0. The van der Waals surface area contributed by atoms with Crippen LogP contribution in [0.2, 0.25) is 0 Å². The first-order valence-electron chi connectivity index (χ1n) is 12.4. The van der Waals surface area contributed by atoms with Gasteiger partial charge in [-0.05, 0) is 51.5 Å². The van der Waals surface area contributed by atoms with Crippen molar-refractivity contribution in [2.75, 3.05) is 13.1 Å². The number of nitrogens with one attached hydrogen (secondary N) is 3. The maximum absolute atomic E-state index is 13.2. The minimum Gasteiger partial charge on any atom is -0.666 e. The predicted molar refractivity (Wildman–Crippen MR) is 130 cm³/mol. The molecule has 1 aliphatic rings. The minimum absolute atomic E-state index is 0. The first kappa shape index (κ1) is 33.9. The van der Waals surface area contributed by atoms with Gasteiger partial charge in [0.05, 0.1) is 18.2 Å². The van der Waals surface area contributed by atoms with E-state index in [1.54, 1.807) is 0 Å². The van der Waals surface area contributed by atoms with E-state index in [2.05, 4.69) is 29.4 Å². The van der Waals surface area contributed by atoms with Crippen molar-refractivity contribution in [3.63, 3.8) is 0 Å². The fraction of sp³-hybridized carbons (Fsp3) is 0.875. The van der Waals surface area contributed by atoms with Gasteiger partial charge in [-0.25, -0.2) is 0 Å². The largest absolute Gasteiger partial charge is 1.00 e. The number of hydrogen-bond donors (Lipinski definition) is 4. The van der Waals surface area contributed by atoms with Crippen molar-refractivity contribution in [3.05, 3.63) is 5.73 Å². The number of amides is 3. The van der Waals surface area contributed by atoms with Crippen LogP contribution in [-0.4, -0.2) is 70.6 Å². The van der Waals surface area contributed by atoms with Crippen molar-refractivity contribution in [3.8, 4) is 0 Å². The molecule has 0 saturated carbocycles. The molecule has 10 heteroatoms. The summed E-state index contributed by atoms with van der Waals surface area (Å²) >= 11 is 0. The van der Waals surface area contributed by atoms with Crippen molar-refractivity contribution in [2.24, 2.45) is 17.6 Å². The van der Waals surface area contributed by atoms with Crippen molar-refractivity contribution < 1.29 is 70.9 Å². The van der Waals surface area contributed by atoms with Gasteiger partial charge in [-0.15, -0.1) is 0 Å². The van der Waals surface area contributed by atoms with Gasteiger partial charge >= 0.3 is 51.4 Å². The van der Waals surface area contributed by atoms with E-state index in [4.69, 9.17) is 11.5 Å². The Morgan fingerprint density at radius 1 is 1.15 bits per heavy atom. The summed E-state index contributed by atoms with van der Waals surface area (Å²) in [5.74, 6) is -0.484. The zero-order chi connectivity index (χ0) is 25.3. The number of β-amino-alcohol motifs (C(OH)–C–C–N with tert-alkyl or cyclic N) is 1. The molecule has 0 aliphatic carbocycles. The van der Waals surface area contributed by atoms with Gasteiger partial charge in [0.2, 0.25) is 17.7 Å². The number of carbonyl (C=O) groups is 3. The number of primary amides is 1. The molecule has 192 valence electrons. The van der Waals surface area contributed by atoms with Gasteiger partial charge in [-0.3, -0.25) is 19.3 Å². The van der Waals surface area contributed by atoms with Gasteiger partial charge in [-0.2, -0.15) is 0 Å². The molecule has 0 aromatic rings. The third-order valence-corrected chi connectivity index (χ3v) is 6.49. The van der Waals surface area contributed by atoms with Crippen molar-refractivity contribution in [1.82, 2.24) is 15.5 Å². The second kappa shape index (κ2) is 15.9. The summed E-state index contributed by atoms with van der Waals surface area (Å²) in [4.78, 5) is 38.6. The topological polar surface area (TPSA) is 149 Å². The van der Waals surface area contributed by atoms with Crippen LogP contribution < -0.4 is 67.8 Å². The van der Waals surface area contributed by atoms with Crippen LogP contribution in [0.5, 0.6) is 0 Å². The van der Waals surface area contributed by atoms with Gasteiger partial charge in [-0.1, -0.05) is 40.0 Å². The van der Waals surface area contributed by atoms with Crippen LogP contribution in [0.4, 0.5) is 0 Å². The number of rotatable bonds is 12. The summed E-state index contributed by atoms with van der Waals surface area (Å²) in [6, 6.07) is -2.22. The standard InChI is InChI=1S/C24H46N5O4.K/c1-7-10-18(27-22(32)17(25)12-21(26)31)20(30)14-29-13-16(9-3)15(8-2)11-19(29)23(33)28-24(4,5)6;/h15-20,25,30H,7-14H2,1-6H3,(H2,26,31)(H,27,32)(H,28,33);/q-1;+1. The van der Waals surface area contributed by atoms with E-state index in [1.165, 1.54) is 0 Å². The number of nitrogens with zero attached hydrogens (tertiary/aromatic N) is 1. The first-order valence-corrected chi connectivity index (χ1v) is 12.4. The van der Waals surface area contributed by atoms with Gasteiger partial charge < -0.3 is 27.2 Å². The molecule has 3 amide bonds. The van der Waals surface area contributed by atoms with Crippen LogP contribution in [-0.2, 0) is 14.4 Å². The normalized spacial score (nSPS) is 23.8. The molecule has 1 heterocycles. The monoisotopic (exact) mass is 507 g/mol. The zero-order valence-corrected chi connectivity index (χ0v) is 25.4. The Balaban J connectivity index is 0.0000109. The molecule has 1 fully saturated rings. The van der Waals surface area contributed by atoms with E-state index >= 15 is 0 Å². The summed E-state index contributed by atoms with van der Waals surface area (Å²) in [5.41, 5.74) is 12.6. The number of aliphatic hydroxyl groups is 1. The van der Waals surface area contributed by atoms with Crippen molar-refractivity contribution in [2.45, 2.75) is 110 Å². The first-order chi connectivity index (χ1) is 15.3. The third kappa shape index (κ3) is 11.3. The Bertz CT molecular complexity index is 658. The molecule has 0 spiro atoms. The molecule has 0 bridgehead atoms. The van der Waals surface area contributed by atoms with Crippen molar-refractivity contribution >= 4 is 17.7 Å². The Labute approximate surface area is 248 Å². The molecule has 0 aromatic carbocycles. The van der Waals surface area contributed by atoms with E-state index in [9.17, 15) is 19.5 Å². The van der Waals surface area contributed by atoms with Gasteiger partial charge in [0, 0.05) is 25.0 Å². The maximum Gasteiger partial charge on any atom is 1.00 e. The fourth-order valence-electron chi connectivity index (χ4n) is 4.71.